The zero-order chi connectivity index (χ0) is 14.3. The van der Waals surface area contributed by atoms with Crippen LogP contribution in [0.25, 0.3) is 21.8 Å². The molecular formula is C15H11Cl2NO2. The molecule has 0 aliphatic rings. The largest absolute Gasteiger partial charge is 0.462 e. The first-order valence-corrected chi connectivity index (χ1v) is 6.93. The van der Waals surface area contributed by atoms with E-state index in [9.17, 15) is 4.79 Å². The van der Waals surface area contributed by atoms with E-state index in [0.29, 0.717) is 22.2 Å². The van der Waals surface area contributed by atoms with Crippen molar-refractivity contribution in [3.63, 3.8) is 0 Å². The molecule has 5 heteroatoms. The Hall–Kier alpha value is -1.71. The summed E-state index contributed by atoms with van der Waals surface area (Å²) in [6, 6.07) is 8.87. The number of aromatic nitrogens is 1. The summed E-state index contributed by atoms with van der Waals surface area (Å²) in [7, 11) is 0. The summed E-state index contributed by atoms with van der Waals surface area (Å²) in [5.41, 5.74) is 2.22. The first-order chi connectivity index (χ1) is 9.60. The molecule has 0 fully saturated rings. The Morgan fingerprint density at radius 3 is 2.75 bits per heavy atom. The van der Waals surface area contributed by atoms with E-state index in [-0.39, 0.29) is 5.97 Å². The Balaban J connectivity index is 2.27. The Labute approximate surface area is 125 Å². The summed E-state index contributed by atoms with van der Waals surface area (Å²) in [6.45, 7) is 2.13. The minimum absolute atomic E-state index is 0.336. The highest BCUT2D eigenvalue weighted by molar-refractivity contribution is 6.39. The number of hydrogen-bond donors (Lipinski definition) is 1. The second-order valence-corrected chi connectivity index (χ2v) is 5.26. The molecule has 0 atom stereocenters. The molecule has 3 nitrogen and oxygen atoms in total. The number of carbonyl (C=O) groups is 1. The molecule has 2 aromatic carbocycles. The van der Waals surface area contributed by atoms with Crippen LogP contribution < -0.4 is 0 Å². The molecule has 3 rings (SSSR count). The lowest BCUT2D eigenvalue weighted by Gasteiger charge is -2.01. The van der Waals surface area contributed by atoms with E-state index in [2.05, 4.69) is 4.98 Å². The van der Waals surface area contributed by atoms with Crippen molar-refractivity contribution in [1.82, 2.24) is 4.98 Å². The second-order valence-electron chi connectivity index (χ2n) is 4.42. The van der Waals surface area contributed by atoms with Gasteiger partial charge in [-0.25, -0.2) is 4.79 Å². The number of carbonyl (C=O) groups excluding carboxylic acids is 1. The molecule has 0 saturated carbocycles. The molecule has 0 spiro atoms. The maximum Gasteiger partial charge on any atom is 0.338 e. The molecule has 0 radical (unpaired) electrons. The van der Waals surface area contributed by atoms with Gasteiger partial charge in [0.05, 0.1) is 22.7 Å². The predicted molar refractivity (Wildman–Crippen MR) is 81.8 cm³/mol. The van der Waals surface area contributed by atoms with Crippen molar-refractivity contribution >= 4 is 51.0 Å². The molecule has 0 aliphatic heterocycles. The van der Waals surface area contributed by atoms with E-state index in [0.717, 1.165) is 21.8 Å². The van der Waals surface area contributed by atoms with Gasteiger partial charge in [-0.05, 0) is 37.3 Å². The number of hydrogen-bond acceptors (Lipinski definition) is 2. The summed E-state index contributed by atoms with van der Waals surface area (Å²) in [6.07, 6.45) is 0. The average Bonchev–Trinajstić information content (AvgIpc) is 2.77. The highest BCUT2D eigenvalue weighted by atomic mass is 35.5. The molecule has 102 valence electrons. The molecule has 1 N–H and O–H groups in total. The standard InChI is InChI=1S/C15H11Cl2NO2/c1-2-20-15(19)8-3-4-13-10(5-8)11-6-9(16)7-12(17)14(11)18-13/h3-7,18H,2H2,1H3. The van der Waals surface area contributed by atoms with Crippen molar-refractivity contribution in [1.29, 1.82) is 0 Å². The normalized spacial score (nSPS) is 11.2. The third-order valence-corrected chi connectivity index (χ3v) is 3.65. The number of fused-ring (bicyclic) bond motifs is 3. The molecule has 1 heterocycles. The molecule has 20 heavy (non-hydrogen) atoms. The summed E-state index contributed by atoms with van der Waals surface area (Å²) in [5.74, 6) is -0.336. The maximum atomic E-state index is 11.8. The number of benzene rings is 2. The number of rotatable bonds is 2. The van der Waals surface area contributed by atoms with Crippen LogP contribution in [-0.2, 0) is 4.74 Å². The van der Waals surface area contributed by atoms with Gasteiger partial charge in [0.2, 0.25) is 0 Å². The Bertz CT molecular complexity index is 823. The van der Waals surface area contributed by atoms with Gasteiger partial charge < -0.3 is 9.72 Å². The smallest absolute Gasteiger partial charge is 0.338 e. The molecule has 0 aliphatic carbocycles. The zero-order valence-corrected chi connectivity index (χ0v) is 12.2. The number of aromatic amines is 1. The van der Waals surface area contributed by atoms with Crippen LogP contribution in [0.1, 0.15) is 17.3 Å². The van der Waals surface area contributed by atoms with Gasteiger partial charge in [-0.1, -0.05) is 23.2 Å². The highest BCUT2D eigenvalue weighted by Gasteiger charge is 2.12. The van der Waals surface area contributed by atoms with Gasteiger partial charge in [0, 0.05) is 21.3 Å². The molecule has 0 saturated heterocycles. The minimum atomic E-state index is -0.336. The fourth-order valence-electron chi connectivity index (χ4n) is 2.27. The molecule has 0 bridgehead atoms. The SMILES string of the molecule is CCOC(=O)c1ccc2[nH]c3c(Cl)cc(Cl)cc3c2c1. The van der Waals surface area contributed by atoms with Crippen molar-refractivity contribution in [2.24, 2.45) is 0 Å². The van der Waals surface area contributed by atoms with Gasteiger partial charge in [-0.2, -0.15) is 0 Å². The van der Waals surface area contributed by atoms with Crippen LogP contribution in [0.5, 0.6) is 0 Å². The van der Waals surface area contributed by atoms with Crippen LogP contribution in [0, 0.1) is 0 Å². The van der Waals surface area contributed by atoms with Crippen LogP contribution >= 0.6 is 23.2 Å². The third kappa shape index (κ3) is 2.13. The van der Waals surface area contributed by atoms with E-state index in [1.54, 1.807) is 25.1 Å². The van der Waals surface area contributed by atoms with E-state index < -0.39 is 0 Å². The fourth-order valence-corrected chi connectivity index (χ4v) is 2.81. The van der Waals surface area contributed by atoms with Crippen molar-refractivity contribution in [3.05, 3.63) is 45.9 Å². The maximum absolute atomic E-state index is 11.8. The molecule has 0 unspecified atom stereocenters. The van der Waals surface area contributed by atoms with Crippen molar-refractivity contribution in [2.45, 2.75) is 6.92 Å². The lowest BCUT2D eigenvalue weighted by atomic mass is 10.1. The predicted octanol–water partition coefficient (Wildman–Crippen LogP) is 4.80. The van der Waals surface area contributed by atoms with Crippen molar-refractivity contribution in [3.8, 4) is 0 Å². The topological polar surface area (TPSA) is 42.1 Å². The summed E-state index contributed by atoms with van der Waals surface area (Å²) in [5, 5.41) is 2.91. The van der Waals surface area contributed by atoms with E-state index in [1.807, 2.05) is 12.1 Å². The molecule has 0 amide bonds. The first-order valence-electron chi connectivity index (χ1n) is 6.17. The Kier molecular flexibility index (Phi) is 3.32. The summed E-state index contributed by atoms with van der Waals surface area (Å²) >= 11 is 12.2. The summed E-state index contributed by atoms with van der Waals surface area (Å²) < 4.78 is 5.01. The number of H-pyrrole nitrogens is 1. The average molecular weight is 308 g/mol. The van der Waals surface area contributed by atoms with Crippen molar-refractivity contribution < 1.29 is 9.53 Å². The molecular weight excluding hydrogens is 297 g/mol. The van der Waals surface area contributed by atoms with Crippen LogP contribution in [0.2, 0.25) is 10.0 Å². The van der Waals surface area contributed by atoms with Gasteiger partial charge in [-0.15, -0.1) is 0 Å². The molecule has 3 aromatic rings. The van der Waals surface area contributed by atoms with Gasteiger partial charge >= 0.3 is 5.97 Å². The quantitative estimate of drug-likeness (QED) is 0.691. The number of esters is 1. The van der Waals surface area contributed by atoms with Gasteiger partial charge in [0.1, 0.15) is 0 Å². The van der Waals surface area contributed by atoms with Crippen molar-refractivity contribution in [2.75, 3.05) is 6.61 Å². The third-order valence-electron chi connectivity index (χ3n) is 3.14. The fraction of sp³-hybridized carbons (Fsp3) is 0.133. The van der Waals surface area contributed by atoms with Gasteiger partial charge in [-0.3, -0.25) is 0 Å². The second kappa shape index (κ2) is 5.00. The number of halogens is 2. The van der Waals surface area contributed by atoms with Gasteiger partial charge in [0.25, 0.3) is 0 Å². The van der Waals surface area contributed by atoms with E-state index in [1.165, 1.54) is 0 Å². The monoisotopic (exact) mass is 307 g/mol. The van der Waals surface area contributed by atoms with Crippen LogP contribution in [0.3, 0.4) is 0 Å². The number of ether oxygens (including phenoxy) is 1. The highest BCUT2D eigenvalue weighted by Crippen LogP contribution is 2.33. The Morgan fingerprint density at radius 1 is 1.20 bits per heavy atom. The minimum Gasteiger partial charge on any atom is -0.462 e. The van der Waals surface area contributed by atoms with Crippen LogP contribution in [0.4, 0.5) is 0 Å². The lowest BCUT2D eigenvalue weighted by molar-refractivity contribution is 0.0526. The lowest BCUT2D eigenvalue weighted by Crippen LogP contribution is -2.03. The molecule has 1 aromatic heterocycles. The Morgan fingerprint density at radius 2 is 2.00 bits per heavy atom. The zero-order valence-electron chi connectivity index (χ0n) is 10.7. The van der Waals surface area contributed by atoms with E-state index >= 15 is 0 Å². The summed E-state index contributed by atoms with van der Waals surface area (Å²) in [4.78, 5) is 15.0. The van der Waals surface area contributed by atoms with Crippen LogP contribution in [0.15, 0.2) is 30.3 Å². The van der Waals surface area contributed by atoms with Crippen LogP contribution in [-0.4, -0.2) is 17.6 Å². The number of nitrogens with one attached hydrogen (secondary N) is 1. The first kappa shape index (κ1) is 13.3. The van der Waals surface area contributed by atoms with Gasteiger partial charge in [0.15, 0.2) is 0 Å². The van der Waals surface area contributed by atoms with E-state index in [4.69, 9.17) is 27.9 Å².